The summed E-state index contributed by atoms with van der Waals surface area (Å²) >= 11 is 6.08. The molecule has 0 spiro atoms. The van der Waals surface area contributed by atoms with Crippen molar-refractivity contribution in [1.82, 2.24) is 9.80 Å². The van der Waals surface area contributed by atoms with Crippen molar-refractivity contribution in [1.29, 1.82) is 0 Å². The summed E-state index contributed by atoms with van der Waals surface area (Å²) in [6.45, 7) is 5.14. The number of nitrogens with zero attached hydrogens (tertiary/aromatic N) is 5. The molecule has 0 aliphatic carbocycles. The van der Waals surface area contributed by atoms with Gasteiger partial charge in [-0.25, -0.2) is 4.39 Å². The number of hydrogen-bond donors (Lipinski definition) is 0. The third-order valence-corrected chi connectivity index (χ3v) is 8.66. The van der Waals surface area contributed by atoms with Crippen LogP contribution in [0.15, 0.2) is 66.7 Å². The van der Waals surface area contributed by atoms with E-state index < -0.39 is 0 Å². The first kappa shape index (κ1) is 26.5. The van der Waals surface area contributed by atoms with Gasteiger partial charge in [0.1, 0.15) is 5.82 Å². The summed E-state index contributed by atoms with van der Waals surface area (Å²) < 4.78 is 14.4. The standard InChI is InChI=1S/C30H31ClFN5O3/c31-23-7-5-21(6-8-23)19-33-11-16-36-27-10-9-24(37(39)40)17-22(27)18-25(29(36)20-33)30(38)35-14-12-34(13-15-35)28-4-2-1-3-26(28)32/h1-10,17,25,29H,11-16,18-20H2. The predicted molar refractivity (Wildman–Crippen MR) is 153 cm³/mol. The molecule has 3 aromatic rings. The van der Waals surface area contributed by atoms with Crippen LogP contribution in [0, 0.1) is 21.8 Å². The smallest absolute Gasteiger partial charge is 0.269 e. The Balaban J connectivity index is 1.23. The van der Waals surface area contributed by atoms with Gasteiger partial charge >= 0.3 is 0 Å². The van der Waals surface area contributed by atoms with Gasteiger partial charge in [0, 0.05) is 75.2 Å². The van der Waals surface area contributed by atoms with E-state index in [4.69, 9.17) is 11.6 Å². The Kier molecular flexibility index (Phi) is 7.33. The highest BCUT2D eigenvalue weighted by molar-refractivity contribution is 6.30. The van der Waals surface area contributed by atoms with Gasteiger partial charge in [0.15, 0.2) is 0 Å². The summed E-state index contributed by atoms with van der Waals surface area (Å²) in [6, 6.07) is 19.5. The number of carbonyl (C=O) groups is 1. The molecule has 0 saturated carbocycles. The molecule has 40 heavy (non-hydrogen) atoms. The Morgan fingerprint density at radius 2 is 1.70 bits per heavy atom. The van der Waals surface area contributed by atoms with Gasteiger partial charge in [0.05, 0.1) is 22.6 Å². The number of hydrogen-bond acceptors (Lipinski definition) is 6. The van der Waals surface area contributed by atoms with Gasteiger partial charge in [-0.05, 0) is 47.9 Å². The SMILES string of the molecule is O=C(C1Cc2cc([N+](=O)[O-])ccc2N2CCN(Cc3ccc(Cl)cc3)CC12)N1CCN(c2ccccc2F)CC1. The lowest BCUT2D eigenvalue weighted by Gasteiger charge is -2.50. The van der Waals surface area contributed by atoms with E-state index in [1.807, 2.05) is 46.2 Å². The Morgan fingerprint density at radius 1 is 0.950 bits per heavy atom. The largest absolute Gasteiger partial charge is 0.366 e. The Labute approximate surface area is 237 Å². The quantitative estimate of drug-likeness (QED) is 0.334. The average Bonchev–Trinajstić information content (AvgIpc) is 2.97. The van der Waals surface area contributed by atoms with E-state index in [1.165, 1.54) is 6.07 Å². The second-order valence-electron chi connectivity index (χ2n) is 10.8. The molecule has 0 bridgehead atoms. The molecule has 3 aromatic carbocycles. The van der Waals surface area contributed by atoms with E-state index in [9.17, 15) is 19.3 Å². The van der Waals surface area contributed by atoms with Crippen LogP contribution in [-0.4, -0.2) is 72.5 Å². The van der Waals surface area contributed by atoms with Crippen LogP contribution in [0.1, 0.15) is 11.1 Å². The van der Waals surface area contributed by atoms with Crippen LogP contribution in [0.2, 0.25) is 5.02 Å². The minimum absolute atomic E-state index is 0.0447. The van der Waals surface area contributed by atoms with E-state index >= 15 is 0 Å². The second kappa shape index (κ2) is 11.1. The van der Waals surface area contributed by atoms with Crippen LogP contribution in [0.3, 0.4) is 0 Å². The Hall–Kier alpha value is -3.69. The molecule has 3 aliphatic heterocycles. The molecule has 8 nitrogen and oxygen atoms in total. The molecule has 10 heteroatoms. The van der Waals surface area contributed by atoms with Crippen molar-refractivity contribution >= 4 is 34.6 Å². The number of nitro groups is 1. The number of non-ortho nitro benzene ring substituents is 1. The molecule has 2 saturated heterocycles. The monoisotopic (exact) mass is 563 g/mol. The molecule has 1 amide bonds. The molecule has 208 valence electrons. The van der Waals surface area contributed by atoms with Crippen LogP contribution in [0.4, 0.5) is 21.5 Å². The number of para-hydroxylation sites is 1. The van der Waals surface area contributed by atoms with Gasteiger partial charge in [-0.2, -0.15) is 0 Å². The normalized spacial score (nSPS) is 21.1. The zero-order valence-corrected chi connectivity index (χ0v) is 22.8. The molecule has 0 N–H and O–H groups in total. The van der Waals surface area contributed by atoms with Gasteiger partial charge in [0.25, 0.3) is 5.69 Å². The zero-order chi connectivity index (χ0) is 27.8. The number of rotatable bonds is 5. The molecule has 3 aliphatic rings. The summed E-state index contributed by atoms with van der Waals surface area (Å²) in [5, 5.41) is 12.2. The lowest BCUT2D eigenvalue weighted by Crippen LogP contribution is -2.62. The molecular formula is C30H31ClFN5O3. The van der Waals surface area contributed by atoms with Crippen molar-refractivity contribution < 1.29 is 14.1 Å². The maximum atomic E-state index is 14.4. The molecule has 2 atom stereocenters. The van der Waals surface area contributed by atoms with Crippen LogP contribution in [0.25, 0.3) is 0 Å². The van der Waals surface area contributed by atoms with Crippen molar-refractivity contribution in [3.63, 3.8) is 0 Å². The average molecular weight is 564 g/mol. The number of carbonyl (C=O) groups excluding carboxylic acids is 1. The van der Waals surface area contributed by atoms with Crippen molar-refractivity contribution in [2.45, 2.75) is 19.0 Å². The number of nitro benzene ring substituents is 1. The maximum absolute atomic E-state index is 14.4. The van der Waals surface area contributed by atoms with Crippen molar-refractivity contribution in [3.8, 4) is 0 Å². The van der Waals surface area contributed by atoms with E-state index in [1.54, 1.807) is 24.3 Å². The third kappa shape index (κ3) is 5.23. The number of amides is 1. The molecule has 3 heterocycles. The first-order valence-electron chi connectivity index (χ1n) is 13.7. The molecule has 0 aromatic heterocycles. The highest BCUT2D eigenvalue weighted by atomic mass is 35.5. The lowest BCUT2D eigenvalue weighted by atomic mass is 9.82. The molecule has 2 unspecified atom stereocenters. The fourth-order valence-corrected chi connectivity index (χ4v) is 6.49. The third-order valence-electron chi connectivity index (χ3n) is 8.41. The van der Waals surface area contributed by atoms with Gasteiger partial charge in [-0.1, -0.05) is 35.9 Å². The van der Waals surface area contributed by atoms with Crippen LogP contribution < -0.4 is 9.80 Å². The minimum Gasteiger partial charge on any atom is -0.366 e. The summed E-state index contributed by atoms with van der Waals surface area (Å²) in [7, 11) is 0. The fourth-order valence-electron chi connectivity index (χ4n) is 6.37. The topological polar surface area (TPSA) is 73.2 Å². The fraction of sp³-hybridized carbons (Fsp3) is 0.367. The van der Waals surface area contributed by atoms with E-state index in [2.05, 4.69) is 9.80 Å². The summed E-state index contributed by atoms with van der Waals surface area (Å²) in [5.41, 5.74) is 3.60. The van der Waals surface area contributed by atoms with Gasteiger partial charge < -0.3 is 14.7 Å². The first-order valence-corrected chi connectivity index (χ1v) is 14.0. The van der Waals surface area contributed by atoms with E-state index in [-0.39, 0.29) is 34.3 Å². The van der Waals surface area contributed by atoms with Crippen LogP contribution in [0.5, 0.6) is 0 Å². The first-order chi connectivity index (χ1) is 19.4. The molecule has 6 rings (SSSR count). The highest BCUT2D eigenvalue weighted by Gasteiger charge is 2.43. The highest BCUT2D eigenvalue weighted by Crippen LogP contribution is 2.39. The lowest BCUT2D eigenvalue weighted by molar-refractivity contribution is -0.384. The van der Waals surface area contributed by atoms with E-state index in [0.29, 0.717) is 49.9 Å². The summed E-state index contributed by atoms with van der Waals surface area (Å²) in [5.74, 6) is -0.525. The Bertz CT molecular complexity index is 1410. The number of anilines is 2. The summed E-state index contributed by atoms with van der Waals surface area (Å²) in [4.78, 5) is 33.7. The predicted octanol–water partition coefficient (Wildman–Crippen LogP) is 4.60. The van der Waals surface area contributed by atoms with Crippen LogP contribution in [-0.2, 0) is 17.8 Å². The van der Waals surface area contributed by atoms with Crippen LogP contribution >= 0.6 is 11.6 Å². The molecular weight excluding hydrogens is 533 g/mol. The molecule has 0 radical (unpaired) electrons. The minimum atomic E-state index is -0.380. The van der Waals surface area contributed by atoms with Crippen molar-refractivity contribution in [2.75, 3.05) is 55.6 Å². The van der Waals surface area contributed by atoms with Crippen molar-refractivity contribution in [3.05, 3.63) is 98.8 Å². The van der Waals surface area contributed by atoms with Crippen molar-refractivity contribution in [2.24, 2.45) is 5.92 Å². The number of halogens is 2. The number of benzene rings is 3. The van der Waals surface area contributed by atoms with E-state index in [0.717, 1.165) is 36.4 Å². The molecule has 2 fully saturated rings. The zero-order valence-electron chi connectivity index (χ0n) is 22.1. The second-order valence-corrected chi connectivity index (χ2v) is 11.2. The van der Waals surface area contributed by atoms with Gasteiger partial charge in [0.2, 0.25) is 5.91 Å². The number of piperazine rings is 2. The van der Waals surface area contributed by atoms with Gasteiger partial charge in [-0.3, -0.25) is 19.8 Å². The Morgan fingerprint density at radius 3 is 2.42 bits per heavy atom. The maximum Gasteiger partial charge on any atom is 0.269 e. The van der Waals surface area contributed by atoms with Gasteiger partial charge in [-0.15, -0.1) is 0 Å². The summed E-state index contributed by atoms with van der Waals surface area (Å²) in [6.07, 6.45) is 0.458. The number of fused-ring (bicyclic) bond motifs is 3.